The topological polar surface area (TPSA) is 55.4 Å². The lowest BCUT2D eigenvalue weighted by atomic mass is 9.93. The van der Waals surface area contributed by atoms with Crippen molar-refractivity contribution in [2.45, 2.75) is 26.1 Å². The van der Waals surface area contributed by atoms with Crippen molar-refractivity contribution in [2.75, 3.05) is 0 Å². The molecule has 1 aliphatic rings. The zero-order valence-electron chi connectivity index (χ0n) is 11.7. The van der Waals surface area contributed by atoms with Crippen LogP contribution in [0.3, 0.4) is 0 Å². The van der Waals surface area contributed by atoms with E-state index in [9.17, 15) is 22.8 Å². The van der Waals surface area contributed by atoms with Crippen molar-refractivity contribution in [2.24, 2.45) is 5.92 Å². The summed E-state index contributed by atoms with van der Waals surface area (Å²) in [6, 6.07) is 4.58. The third-order valence-corrected chi connectivity index (χ3v) is 3.08. The maximum atomic E-state index is 12.0. The summed E-state index contributed by atoms with van der Waals surface area (Å²) in [6.07, 6.45) is -2.36. The molecule has 1 aromatic carbocycles. The Morgan fingerprint density at radius 3 is 2.41 bits per heavy atom. The Kier molecular flexibility index (Phi) is 4.54. The summed E-state index contributed by atoms with van der Waals surface area (Å²) in [5, 5.41) is 2.60. The number of benzene rings is 1. The third-order valence-electron chi connectivity index (χ3n) is 3.08. The van der Waals surface area contributed by atoms with Gasteiger partial charge in [-0.3, -0.25) is 9.59 Å². The molecular formula is C15H14F3NO3. The SMILES string of the molecule is CC1CC(=O)C=C(NC(=O)c2ccc(OC(F)(F)F)cc2)C1. The smallest absolute Gasteiger partial charge is 0.406 e. The first-order valence-electron chi connectivity index (χ1n) is 6.63. The van der Waals surface area contributed by atoms with Crippen molar-refractivity contribution in [3.05, 3.63) is 41.6 Å². The summed E-state index contributed by atoms with van der Waals surface area (Å²) in [5.74, 6) is -0.783. The highest BCUT2D eigenvalue weighted by Gasteiger charge is 2.31. The van der Waals surface area contributed by atoms with Gasteiger partial charge in [0.2, 0.25) is 0 Å². The number of ether oxygens (including phenoxy) is 1. The minimum absolute atomic E-state index is 0.0528. The summed E-state index contributed by atoms with van der Waals surface area (Å²) in [4.78, 5) is 23.4. The fourth-order valence-corrected chi connectivity index (χ4v) is 2.22. The average molecular weight is 313 g/mol. The summed E-state index contributed by atoms with van der Waals surface area (Å²) in [7, 11) is 0. The predicted molar refractivity (Wildman–Crippen MR) is 72.1 cm³/mol. The molecule has 0 fully saturated rings. The molecule has 118 valence electrons. The fourth-order valence-electron chi connectivity index (χ4n) is 2.22. The Morgan fingerprint density at radius 2 is 1.86 bits per heavy atom. The largest absolute Gasteiger partial charge is 0.573 e. The second-order valence-electron chi connectivity index (χ2n) is 5.18. The van der Waals surface area contributed by atoms with Crippen molar-refractivity contribution < 1.29 is 27.5 Å². The van der Waals surface area contributed by atoms with Crippen molar-refractivity contribution in [1.29, 1.82) is 0 Å². The lowest BCUT2D eigenvalue weighted by molar-refractivity contribution is -0.274. The molecule has 1 aromatic rings. The quantitative estimate of drug-likeness (QED) is 0.932. The van der Waals surface area contributed by atoms with Crippen LogP contribution < -0.4 is 10.1 Å². The lowest BCUT2D eigenvalue weighted by Gasteiger charge is -2.18. The van der Waals surface area contributed by atoms with Crippen molar-refractivity contribution in [1.82, 2.24) is 5.32 Å². The van der Waals surface area contributed by atoms with Gasteiger partial charge in [-0.15, -0.1) is 13.2 Å². The standard InChI is InChI=1S/C15H14F3NO3/c1-9-6-11(8-12(20)7-9)19-14(21)10-2-4-13(5-3-10)22-15(16,17)18/h2-5,8-9H,6-7H2,1H3,(H,19,21). The maximum absolute atomic E-state index is 12.0. The molecule has 0 saturated heterocycles. The Bertz CT molecular complexity index is 605. The van der Waals surface area contributed by atoms with Gasteiger partial charge in [-0.05, 0) is 36.6 Å². The molecular weight excluding hydrogens is 299 g/mol. The van der Waals surface area contributed by atoms with E-state index in [4.69, 9.17) is 0 Å². The van der Waals surface area contributed by atoms with E-state index in [1.807, 2.05) is 6.92 Å². The Labute approximate surface area is 125 Å². The molecule has 1 aliphatic carbocycles. The molecule has 0 spiro atoms. The molecule has 1 N–H and O–H groups in total. The number of nitrogens with one attached hydrogen (secondary N) is 1. The monoisotopic (exact) mass is 313 g/mol. The molecule has 0 bridgehead atoms. The van der Waals surface area contributed by atoms with Crippen LogP contribution in [0.2, 0.25) is 0 Å². The molecule has 0 aliphatic heterocycles. The van der Waals surface area contributed by atoms with Crippen LogP contribution >= 0.6 is 0 Å². The molecule has 1 atom stereocenters. The van der Waals surface area contributed by atoms with Crippen molar-refractivity contribution in [3.63, 3.8) is 0 Å². The fraction of sp³-hybridized carbons (Fsp3) is 0.333. The molecule has 22 heavy (non-hydrogen) atoms. The molecule has 1 amide bonds. The first-order chi connectivity index (χ1) is 10.2. The number of hydrogen-bond donors (Lipinski definition) is 1. The highest BCUT2D eigenvalue weighted by Crippen LogP contribution is 2.23. The summed E-state index contributed by atoms with van der Waals surface area (Å²) < 4.78 is 39.9. The molecule has 1 unspecified atom stereocenters. The highest BCUT2D eigenvalue weighted by molar-refractivity contribution is 5.97. The van der Waals surface area contributed by atoms with Gasteiger partial charge in [0.25, 0.3) is 5.91 Å². The number of carbonyl (C=O) groups excluding carboxylic acids is 2. The van der Waals surface area contributed by atoms with Gasteiger partial charge in [-0.2, -0.15) is 0 Å². The van der Waals surface area contributed by atoms with E-state index < -0.39 is 18.0 Å². The zero-order chi connectivity index (χ0) is 16.3. The molecule has 0 heterocycles. The normalized spacial score (nSPS) is 18.6. The van der Waals surface area contributed by atoms with Crippen LogP contribution in [0.4, 0.5) is 13.2 Å². The molecule has 0 saturated carbocycles. The predicted octanol–water partition coefficient (Wildman–Crippen LogP) is 3.20. The number of halogens is 3. The minimum Gasteiger partial charge on any atom is -0.406 e. The van der Waals surface area contributed by atoms with Crippen molar-refractivity contribution >= 4 is 11.7 Å². The molecule has 0 aromatic heterocycles. The van der Waals surface area contributed by atoms with Crippen LogP contribution in [0.1, 0.15) is 30.1 Å². The number of rotatable bonds is 3. The van der Waals surface area contributed by atoms with Crippen molar-refractivity contribution in [3.8, 4) is 5.75 Å². The van der Waals surface area contributed by atoms with E-state index in [1.165, 1.54) is 18.2 Å². The molecule has 0 radical (unpaired) electrons. The summed E-state index contributed by atoms with van der Waals surface area (Å²) in [6.45, 7) is 1.90. The number of allylic oxidation sites excluding steroid dienone is 2. The van der Waals surface area contributed by atoms with E-state index in [0.29, 0.717) is 18.5 Å². The van der Waals surface area contributed by atoms with Crippen LogP contribution in [-0.4, -0.2) is 18.1 Å². The van der Waals surface area contributed by atoms with E-state index in [1.54, 1.807) is 0 Å². The van der Waals surface area contributed by atoms with Crippen LogP contribution in [0.15, 0.2) is 36.0 Å². The molecule has 7 heteroatoms. The first-order valence-corrected chi connectivity index (χ1v) is 6.63. The Hall–Kier alpha value is -2.31. The van der Waals surface area contributed by atoms with Crippen LogP contribution in [0.5, 0.6) is 5.75 Å². The minimum atomic E-state index is -4.77. The lowest BCUT2D eigenvalue weighted by Crippen LogP contribution is -2.27. The molecule has 2 rings (SSSR count). The summed E-state index contributed by atoms with van der Waals surface area (Å²) >= 11 is 0. The van der Waals surface area contributed by atoms with Gasteiger partial charge in [0.15, 0.2) is 5.78 Å². The number of ketones is 1. The second kappa shape index (κ2) is 6.21. The van der Waals surface area contributed by atoms with E-state index in [-0.39, 0.29) is 17.3 Å². The number of amides is 1. The number of carbonyl (C=O) groups is 2. The first kappa shape index (κ1) is 16.1. The zero-order valence-corrected chi connectivity index (χ0v) is 11.7. The van der Waals surface area contributed by atoms with E-state index >= 15 is 0 Å². The van der Waals surface area contributed by atoms with Crippen LogP contribution in [-0.2, 0) is 4.79 Å². The van der Waals surface area contributed by atoms with Gasteiger partial charge in [0, 0.05) is 23.8 Å². The Morgan fingerprint density at radius 1 is 1.23 bits per heavy atom. The number of alkyl halides is 3. The van der Waals surface area contributed by atoms with Gasteiger partial charge in [0.1, 0.15) is 5.75 Å². The van der Waals surface area contributed by atoms with E-state index in [2.05, 4.69) is 10.1 Å². The Balaban J connectivity index is 2.03. The highest BCUT2D eigenvalue weighted by atomic mass is 19.4. The van der Waals surface area contributed by atoms with Gasteiger partial charge in [0.05, 0.1) is 0 Å². The van der Waals surface area contributed by atoms with Crippen LogP contribution in [0.25, 0.3) is 0 Å². The second-order valence-corrected chi connectivity index (χ2v) is 5.18. The van der Waals surface area contributed by atoms with Gasteiger partial charge in [-0.25, -0.2) is 0 Å². The van der Waals surface area contributed by atoms with E-state index in [0.717, 1.165) is 12.1 Å². The third kappa shape index (κ3) is 4.61. The molecule has 4 nitrogen and oxygen atoms in total. The average Bonchev–Trinajstić information content (AvgIpc) is 2.36. The maximum Gasteiger partial charge on any atom is 0.573 e. The van der Waals surface area contributed by atoms with Crippen LogP contribution in [0, 0.1) is 5.92 Å². The number of hydrogen-bond acceptors (Lipinski definition) is 3. The van der Waals surface area contributed by atoms with Gasteiger partial charge in [-0.1, -0.05) is 6.92 Å². The van der Waals surface area contributed by atoms with Gasteiger partial charge >= 0.3 is 6.36 Å². The van der Waals surface area contributed by atoms with Gasteiger partial charge < -0.3 is 10.1 Å². The summed E-state index contributed by atoms with van der Waals surface area (Å²) in [5.41, 5.74) is 0.700.